The SMILES string of the molecule is CCC(CSc1c(F)c(F)c(F)c(F)c1F)(NC)C(C)=O. The Labute approximate surface area is 123 Å². The van der Waals surface area contributed by atoms with Gasteiger partial charge in [0.2, 0.25) is 5.82 Å². The third-order valence-electron chi connectivity index (χ3n) is 3.39. The second-order valence-corrected chi connectivity index (χ2v) is 5.42. The van der Waals surface area contributed by atoms with Crippen LogP contribution >= 0.6 is 11.8 Å². The molecular formula is C13H14F5NOS. The van der Waals surface area contributed by atoms with Crippen molar-refractivity contribution in [1.29, 1.82) is 0 Å². The van der Waals surface area contributed by atoms with Gasteiger partial charge >= 0.3 is 0 Å². The topological polar surface area (TPSA) is 29.1 Å². The van der Waals surface area contributed by atoms with Crippen LogP contribution in [-0.2, 0) is 4.79 Å². The number of nitrogens with one attached hydrogen (secondary N) is 1. The predicted octanol–water partition coefficient (Wildman–Crippen LogP) is 3.43. The van der Waals surface area contributed by atoms with Crippen molar-refractivity contribution in [3.8, 4) is 0 Å². The minimum Gasteiger partial charge on any atom is -0.307 e. The Morgan fingerprint density at radius 2 is 1.48 bits per heavy atom. The van der Waals surface area contributed by atoms with Crippen LogP contribution in [0.1, 0.15) is 20.3 Å². The molecule has 1 atom stereocenters. The molecule has 1 N–H and O–H groups in total. The Morgan fingerprint density at radius 1 is 1.05 bits per heavy atom. The van der Waals surface area contributed by atoms with E-state index in [0.29, 0.717) is 18.2 Å². The number of ketones is 1. The van der Waals surface area contributed by atoms with Gasteiger partial charge in [-0.15, -0.1) is 11.8 Å². The number of hydrogen-bond donors (Lipinski definition) is 1. The van der Waals surface area contributed by atoms with Gasteiger partial charge in [0.1, 0.15) is 0 Å². The zero-order valence-electron chi connectivity index (χ0n) is 11.6. The summed E-state index contributed by atoms with van der Waals surface area (Å²) in [6.07, 6.45) is 0.307. The van der Waals surface area contributed by atoms with Gasteiger partial charge in [-0.3, -0.25) is 4.79 Å². The molecule has 0 saturated carbocycles. The van der Waals surface area contributed by atoms with Crippen LogP contribution in [0, 0.1) is 29.1 Å². The first-order valence-corrected chi connectivity index (χ1v) is 7.04. The van der Waals surface area contributed by atoms with Gasteiger partial charge < -0.3 is 5.32 Å². The molecule has 118 valence electrons. The quantitative estimate of drug-likeness (QED) is 0.376. The number of carbonyl (C=O) groups excluding carboxylic acids is 1. The van der Waals surface area contributed by atoms with Crippen molar-refractivity contribution in [1.82, 2.24) is 5.32 Å². The van der Waals surface area contributed by atoms with Crippen LogP contribution in [0.3, 0.4) is 0 Å². The molecule has 1 aromatic carbocycles. The maximum atomic E-state index is 13.5. The highest BCUT2D eigenvalue weighted by Crippen LogP contribution is 2.33. The minimum atomic E-state index is -2.20. The summed E-state index contributed by atoms with van der Waals surface area (Å²) in [5.74, 6) is -10.4. The summed E-state index contributed by atoms with van der Waals surface area (Å²) in [7, 11) is 1.49. The van der Waals surface area contributed by atoms with E-state index in [2.05, 4.69) is 5.32 Å². The van der Waals surface area contributed by atoms with E-state index in [1.165, 1.54) is 14.0 Å². The fourth-order valence-electron chi connectivity index (χ4n) is 1.78. The van der Waals surface area contributed by atoms with E-state index in [1.54, 1.807) is 6.92 Å². The van der Waals surface area contributed by atoms with Crippen molar-refractivity contribution >= 4 is 17.5 Å². The maximum Gasteiger partial charge on any atom is 0.200 e. The number of carbonyl (C=O) groups is 1. The van der Waals surface area contributed by atoms with E-state index in [1.807, 2.05) is 0 Å². The highest BCUT2D eigenvalue weighted by Gasteiger charge is 2.34. The summed E-state index contributed by atoms with van der Waals surface area (Å²) in [4.78, 5) is 10.7. The number of halogens is 5. The smallest absolute Gasteiger partial charge is 0.200 e. The predicted molar refractivity (Wildman–Crippen MR) is 69.7 cm³/mol. The van der Waals surface area contributed by atoms with Crippen molar-refractivity contribution in [2.45, 2.75) is 30.7 Å². The van der Waals surface area contributed by atoms with Gasteiger partial charge in [-0.25, -0.2) is 22.0 Å². The first-order chi connectivity index (χ1) is 9.71. The fourth-order valence-corrected chi connectivity index (χ4v) is 3.16. The van der Waals surface area contributed by atoms with Gasteiger partial charge in [-0.1, -0.05) is 6.92 Å². The average molecular weight is 327 g/mol. The molecule has 2 nitrogen and oxygen atoms in total. The molecular weight excluding hydrogens is 313 g/mol. The van der Waals surface area contributed by atoms with E-state index in [9.17, 15) is 26.7 Å². The van der Waals surface area contributed by atoms with Crippen LogP contribution in [-0.4, -0.2) is 24.1 Å². The Bertz CT molecular complexity index is 531. The van der Waals surface area contributed by atoms with Crippen molar-refractivity contribution in [3.05, 3.63) is 29.1 Å². The van der Waals surface area contributed by atoms with Gasteiger partial charge in [-0.05, 0) is 20.4 Å². The number of thioether (sulfide) groups is 1. The molecule has 0 bridgehead atoms. The lowest BCUT2D eigenvalue weighted by molar-refractivity contribution is -0.122. The summed E-state index contributed by atoms with van der Waals surface area (Å²) in [6.45, 7) is 2.97. The monoisotopic (exact) mass is 327 g/mol. The molecule has 0 aliphatic rings. The van der Waals surface area contributed by atoms with Crippen LogP contribution in [0.15, 0.2) is 4.90 Å². The Kier molecular flexibility index (Phi) is 5.75. The highest BCUT2D eigenvalue weighted by molar-refractivity contribution is 7.99. The maximum absolute atomic E-state index is 13.5. The lowest BCUT2D eigenvalue weighted by atomic mass is 9.94. The zero-order chi connectivity index (χ0) is 16.4. The van der Waals surface area contributed by atoms with Gasteiger partial charge in [-0.2, -0.15) is 0 Å². The highest BCUT2D eigenvalue weighted by atomic mass is 32.2. The second-order valence-electron chi connectivity index (χ2n) is 4.43. The van der Waals surface area contributed by atoms with Crippen molar-refractivity contribution < 1.29 is 26.7 Å². The van der Waals surface area contributed by atoms with Crippen LogP contribution in [0.25, 0.3) is 0 Å². The van der Waals surface area contributed by atoms with E-state index >= 15 is 0 Å². The minimum absolute atomic E-state index is 0.159. The van der Waals surface area contributed by atoms with Gasteiger partial charge in [0, 0.05) is 5.75 Å². The fraction of sp³-hybridized carbons (Fsp3) is 0.462. The van der Waals surface area contributed by atoms with Crippen molar-refractivity contribution in [3.63, 3.8) is 0 Å². The standard InChI is InChI=1S/C13H14F5NOS/c1-4-13(19-3,6(2)20)5-21-12-10(17)8(15)7(14)9(16)11(12)18/h19H,4-5H2,1-3H3. The molecule has 0 amide bonds. The van der Waals surface area contributed by atoms with Crippen LogP contribution in [0.5, 0.6) is 0 Å². The molecule has 0 aromatic heterocycles. The van der Waals surface area contributed by atoms with Gasteiger partial charge in [0.05, 0.1) is 10.4 Å². The molecule has 1 rings (SSSR count). The Morgan fingerprint density at radius 3 is 1.81 bits per heavy atom. The summed E-state index contributed by atoms with van der Waals surface area (Å²) in [5, 5.41) is 2.74. The lowest BCUT2D eigenvalue weighted by Gasteiger charge is -2.29. The molecule has 0 heterocycles. The summed E-state index contributed by atoms with van der Waals surface area (Å²) in [6, 6.07) is 0. The average Bonchev–Trinajstić information content (AvgIpc) is 2.47. The van der Waals surface area contributed by atoms with E-state index in [0.717, 1.165) is 0 Å². The first-order valence-electron chi connectivity index (χ1n) is 6.06. The molecule has 21 heavy (non-hydrogen) atoms. The molecule has 0 aliphatic heterocycles. The summed E-state index contributed by atoms with van der Waals surface area (Å²) < 4.78 is 66.2. The van der Waals surface area contributed by atoms with Crippen LogP contribution in [0.4, 0.5) is 22.0 Å². The third-order valence-corrected chi connectivity index (χ3v) is 4.67. The van der Waals surface area contributed by atoms with Crippen LogP contribution in [0.2, 0.25) is 0 Å². The molecule has 8 heteroatoms. The Balaban J connectivity index is 3.18. The molecule has 1 aromatic rings. The normalized spacial score (nSPS) is 14.1. The number of hydrogen-bond acceptors (Lipinski definition) is 3. The van der Waals surface area contributed by atoms with Crippen LogP contribution < -0.4 is 5.32 Å². The second kappa shape index (κ2) is 6.74. The Hall–Kier alpha value is -1.15. The van der Waals surface area contributed by atoms with Gasteiger partial charge in [0.15, 0.2) is 29.1 Å². The molecule has 1 unspecified atom stereocenters. The third kappa shape index (κ3) is 3.21. The number of benzene rings is 1. The molecule has 0 saturated heterocycles. The summed E-state index contributed by atoms with van der Waals surface area (Å²) in [5.41, 5.74) is -1.09. The van der Waals surface area contributed by atoms with Gasteiger partial charge in [0.25, 0.3) is 0 Å². The number of likely N-dealkylation sites (N-methyl/N-ethyl adjacent to an activating group) is 1. The van der Waals surface area contributed by atoms with E-state index in [-0.39, 0.29) is 11.5 Å². The molecule has 0 fully saturated rings. The molecule has 0 aliphatic carbocycles. The lowest BCUT2D eigenvalue weighted by Crippen LogP contribution is -2.51. The van der Waals surface area contributed by atoms with E-state index < -0.39 is 39.5 Å². The number of Topliss-reactive ketones (excluding diaryl/α,β-unsaturated/α-hetero) is 1. The van der Waals surface area contributed by atoms with Crippen molar-refractivity contribution in [2.75, 3.05) is 12.8 Å². The molecule has 0 spiro atoms. The van der Waals surface area contributed by atoms with E-state index in [4.69, 9.17) is 0 Å². The largest absolute Gasteiger partial charge is 0.307 e. The van der Waals surface area contributed by atoms with Crippen molar-refractivity contribution in [2.24, 2.45) is 0 Å². The molecule has 0 radical (unpaired) electrons. The summed E-state index contributed by atoms with van der Waals surface area (Å²) >= 11 is 0.415. The number of rotatable bonds is 6. The first kappa shape index (κ1) is 17.9. The zero-order valence-corrected chi connectivity index (χ0v) is 12.4.